The van der Waals surface area contributed by atoms with Gasteiger partial charge in [-0.2, -0.15) is 0 Å². The summed E-state index contributed by atoms with van der Waals surface area (Å²) < 4.78 is 29.0. The molecule has 36 heavy (non-hydrogen) atoms. The Morgan fingerprint density at radius 3 is 2.28 bits per heavy atom. The van der Waals surface area contributed by atoms with Crippen LogP contribution < -0.4 is 5.32 Å². The minimum Gasteiger partial charge on any atom is -0.481 e. The Morgan fingerprint density at radius 2 is 1.69 bits per heavy atom. The summed E-state index contributed by atoms with van der Waals surface area (Å²) in [4.78, 5) is 29.6. The number of nitrogens with zero attached hydrogens (tertiary/aromatic N) is 1. The first-order valence-corrected chi connectivity index (χ1v) is 13.7. The highest BCUT2D eigenvalue weighted by atomic mass is 32.1. The van der Waals surface area contributed by atoms with Gasteiger partial charge < -0.3 is 10.4 Å². The maximum Gasteiger partial charge on any atom is 0.306 e. The quantitative estimate of drug-likeness (QED) is 0.416. The van der Waals surface area contributed by atoms with Crippen LogP contribution in [0.25, 0.3) is 10.4 Å². The molecule has 0 saturated heterocycles. The molecule has 2 fully saturated rings. The second kappa shape index (κ2) is 10.2. The van der Waals surface area contributed by atoms with Crippen LogP contribution in [0, 0.1) is 11.8 Å². The topological polar surface area (TPSA) is 79.3 Å². The zero-order valence-corrected chi connectivity index (χ0v) is 22.3. The largest absolute Gasteiger partial charge is 0.481 e. The van der Waals surface area contributed by atoms with Crippen molar-refractivity contribution in [1.29, 1.82) is 0 Å². The summed E-state index contributed by atoms with van der Waals surface area (Å²) in [6, 6.07) is 4.90. The van der Waals surface area contributed by atoms with E-state index in [4.69, 9.17) is 10.1 Å². The first-order valence-electron chi connectivity index (χ1n) is 12.9. The number of carboxylic acid groups (broad SMARTS) is 1. The van der Waals surface area contributed by atoms with Crippen LogP contribution in [-0.2, 0) is 22.6 Å². The van der Waals surface area contributed by atoms with Crippen molar-refractivity contribution in [3.63, 3.8) is 0 Å². The second-order valence-corrected chi connectivity index (χ2v) is 12.6. The smallest absolute Gasteiger partial charge is 0.306 e. The maximum atomic E-state index is 14.5. The summed E-state index contributed by atoms with van der Waals surface area (Å²) in [7, 11) is 0. The van der Waals surface area contributed by atoms with Crippen LogP contribution in [0.15, 0.2) is 18.2 Å². The van der Waals surface area contributed by atoms with Crippen molar-refractivity contribution in [1.82, 2.24) is 10.3 Å². The summed E-state index contributed by atoms with van der Waals surface area (Å²) in [6.07, 6.45) is 7.35. The van der Waals surface area contributed by atoms with Crippen molar-refractivity contribution in [2.24, 2.45) is 11.8 Å². The molecule has 4 rings (SSSR count). The molecule has 1 heterocycles. The Labute approximate surface area is 215 Å². The number of benzene rings is 1. The lowest BCUT2D eigenvalue weighted by Gasteiger charge is -2.32. The third kappa shape index (κ3) is 6.13. The molecule has 196 valence electrons. The molecule has 2 saturated carbocycles. The molecular weight excluding hydrogens is 482 g/mol. The van der Waals surface area contributed by atoms with Crippen molar-refractivity contribution in [3.05, 3.63) is 40.0 Å². The molecule has 2 aliphatic carbocycles. The molecule has 5 nitrogen and oxygen atoms in total. The average Bonchev–Trinajstić information content (AvgIpc) is 3.18. The van der Waals surface area contributed by atoms with Gasteiger partial charge in [-0.05, 0) is 59.9 Å². The summed E-state index contributed by atoms with van der Waals surface area (Å²) in [6.45, 7) is 6.92. The predicted octanol–water partition coefficient (Wildman–Crippen LogP) is 6.94. The normalized spacial score (nSPS) is 21.2. The van der Waals surface area contributed by atoms with E-state index in [9.17, 15) is 18.4 Å². The first kappa shape index (κ1) is 26.7. The number of amides is 1. The van der Waals surface area contributed by atoms with Gasteiger partial charge in [-0.1, -0.05) is 52.9 Å². The van der Waals surface area contributed by atoms with Gasteiger partial charge in [-0.3, -0.25) is 9.59 Å². The van der Waals surface area contributed by atoms with Crippen LogP contribution in [0.2, 0.25) is 0 Å². The Bertz CT molecular complexity index is 1090. The van der Waals surface area contributed by atoms with Gasteiger partial charge in [0.2, 0.25) is 0 Å². The lowest BCUT2D eigenvalue weighted by molar-refractivity contribution is -0.145. The van der Waals surface area contributed by atoms with Gasteiger partial charge in [0.15, 0.2) is 5.01 Å². The van der Waals surface area contributed by atoms with Crippen LogP contribution in [0.3, 0.4) is 0 Å². The summed E-state index contributed by atoms with van der Waals surface area (Å²) in [5, 5.41) is 12.3. The number of halogens is 2. The van der Waals surface area contributed by atoms with Crippen LogP contribution in [0.1, 0.15) is 99.3 Å². The molecule has 0 bridgehead atoms. The molecule has 0 aliphatic heterocycles. The number of aromatic nitrogens is 1. The minimum atomic E-state index is -2.99. The number of carboxylic acids is 1. The van der Waals surface area contributed by atoms with Gasteiger partial charge in [0.05, 0.1) is 16.5 Å². The Morgan fingerprint density at radius 1 is 1.06 bits per heavy atom. The lowest BCUT2D eigenvalue weighted by atomic mass is 9.80. The Kier molecular flexibility index (Phi) is 7.56. The van der Waals surface area contributed by atoms with Gasteiger partial charge in [-0.15, -0.1) is 11.3 Å². The SMILES string of the molecule is CC(C)(C)c1cc(-c2sc(C(=O)NC3CC(C(=O)O)C3)nc2CC2CCCCC2)cc(C(C)(F)F)c1. The van der Waals surface area contributed by atoms with Crippen molar-refractivity contribution < 1.29 is 23.5 Å². The van der Waals surface area contributed by atoms with Crippen LogP contribution in [0.5, 0.6) is 0 Å². The number of carbonyl (C=O) groups is 2. The highest BCUT2D eigenvalue weighted by Crippen LogP contribution is 2.40. The monoisotopic (exact) mass is 518 g/mol. The van der Waals surface area contributed by atoms with E-state index in [-0.39, 0.29) is 22.9 Å². The highest BCUT2D eigenvalue weighted by molar-refractivity contribution is 7.17. The van der Waals surface area contributed by atoms with E-state index in [1.165, 1.54) is 36.7 Å². The molecule has 1 amide bonds. The van der Waals surface area contributed by atoms with E-state index in [0.29, 0.717) is 29.3 Å². The zero-order chi connectivity index (χ0) is 26.3. The van der Waals surface area contributed by atoms with E-state index >= 15 is 0 Å². The fourth-order valence-corrected chi connectivity index (χ4v) is 6.09. The summed E-state index contributed by atoms with van der Waals surface area (Å²) in [5.74, 6) is -4.10. The van der Waals surface area contributed by atoms with Gasteiger partial charge in [0.25, 0.3) is 11.8 Å². The third-order valence-corrected chi connectivity index (χ3v) is 8.63. The van der Waals surface area contributed by atoms with E-state index in [2.05, 4.69) is 5.32 Å². The number of thiazole rings is 1. The molecule has 0 atom stereocenters. The molecule has 1 aromatic carbocycles. The number of rotatable bonds is 7. The van der Waals surface area contributed by atoms with Crippen molar-refractivity contribution >= 4 is 23.2 Å². The molecule has 0 radical (unpaired) electrons. The molecule has 2 N–H and O–H groups in total. The predicted molar refractivity (Wildman–Crippen MR) is 138 cm³/mol. The number of aliphatic carboxylic acids is 1. The number of hydrogen-bond acceptors (Lipinski definition) is 4. The van der Waals surface area contributed by atoms with E-state index in [1.54, 1.807) is 6.07 Å². The van der Waals surface area contributed by atoms with E-state index < -0.39 is 17.8 Å². The first-order chi connectivity index (χ1) is 16.8. The van der Waals surface area contributed by atoms with Crippen LogP contribution in [0.4, 0.5) is 8.78 Å². The standard InChI is InChI=1S/C28H36F2N2O3S/c1-27(2,3)19-11-17(12-20(15-19)28(4,29)30)23-22(10-16-8-6-5-7-9-16)32-25(36-23)24(33)31-21-13-18(14-21)26(34)35/h11-12,15-16,18,21H,5-10,13-14H2,1-4H3,(H,31,33)(H,34,35). The van der Waals surface area contributed by atoms with E-state index in [1.807, 2.05) is 26.8 Å². The third-order valence-electron chi connectivity index (χ3n) is 7.49. The molecule has 1 aromatic heterocycles. The second-order valence-electron chi connectivity index (χ2n) is 11.6. The van der Waals surface area contributed by atoms with Crippen LogP contribution in [-0.4, -0.2) is 28.0 Å². The zero-order valence-electron chi connectivity index (χ0n) is 21.5. The number of hydrogen-bond donors (Lipinski definition) is 2. The molecule has 8 heteroatoms. The number of alkyl halides is 2. The molecule has 2 aromatic rings. The summed E-state index contributed by atoms with van der Waals surface area (Å²) in [5.41, 5.74) is 1.92. The number of carbonyl (C=O) groups excluding carboxylic acids is 1. The van der Waals surface area contributed by atoms with Gasteiger partial charge in [0, 0.05) is 18.5 Å². The highest BCUT2D eigenvalue weighted by Gasteiger charge is 2.36. The van der Waals surface area contributed by atoms with Crippen molar-refractivity contribution in [3.8, 4) is 10.4 Å². The van der Waals surface area contributed by atoms with Gasteiger partial charge >= 0.3 is 5.97 Å². The van der Waals surface area contributed by atoms with Crippen molar-refractivity contribution in [2.75, 3.05) is 0 Å². The molecule has 2 aliphatic rings. The summed E-state index contributed by atoms with van der Waals surface area (Å²) >= 11 is 1.25. The minimum absolute atomic E-state index is 0.0397. The molecule has 0 unspecified atom stereocenters. The van der Waals surface area contributed by atoms with Gasteiger partial charge in [-0.25, -0.2) is 13.8 Å². The average molecular weight is 519 g/mol. The Hall–Kier alpha value is -2.35. The lowest BCUT2D eigenvalue weighted by Crippen LogP contribution is -2.46. The van der Waals surface area contributed by atoms with Crippen molar-refractivity contribution in [2.45, 2.75) is 96.4 Å². The van der Waals surface area contributed by atoms with E-state index in [0.717, 1.165) is 42.3 Å². The Balaban J connectivity index is 1.69. The fraction of sp³-hybridized carbons (Fsp3) is 0.607. The molecule has 0 spiro atoms. The number of nitrogens with one attached hydrogen (secondary N) is 1. The maximum absolute atomic E-state index is 14.5. The van der Waals surface area contributed by atoms with Gasteiger partial charge in [0.1, 0.15) is 0 Å². The fourth-order valence-electron chi connectivity index (χ4n) is 5.11. The van der Waals surface area contributed by atoms with Crippen LogP contribution >= 0.6 is 11.3 Å². The molecular formula is C28H36F2N2O3S.